The molecule has 7 nitrogen and oxygen atoms in total. The van der Waals surface area contributed by atoms with Crippen molar-refractivity contribution < 1.29 is 23.9 Å². The van der Waals surface area contributed by atoms with Gasteiger partial charge >= 0.3 is 11.9 Å². The predicted molar refractivity (Wildman–Crippen MR) is 89.4 cm³/mol. The van der Waals surface area contributed by atoms with Gasteiger partial charge in [-0.1, -0.05) is 0 Å². The largest absolute Gasteiger partial charge is 0.469 e. The number of rotatable bonds is 7. The summed E-state index contributed by atoms with van der Waals surface area (Å²) in [4.78, 5) is 39.4. The minimum absolute atomic E-state index is 0.219. The van der Waals surface area contributed by atoms with Crippen molar-refractivity contribution in [2.45, 2.75) is 26.8 Å². The molecular formula is C18H20N2O5. The van der Waals surface area contributed by atoms with Crippen molar-refractivity contribution in [2.75, 3.05) is 13.7 Å². The number of carbonyl (C=O) groups excluding carboxylic acids is 3. The SMILES string of the molecule is COC(=O)CCn1c(C)cc(C(=O)COC(=O)c2cccnc2)c1C. The van der Waals surface area contributed by atoms with E-state index < -0.39 is 5.97 Å². The van der Waals surface area contributed by atoms with E-state index in [1.54, 1.807) is 31.3 Å². The molecule has 2 rings (SSSR count). The number of pyridine rings is 1. The summed E-state index contributed by atoms with van der Waals surface area (Å²) in [6, 6.07) is 4.92. The van der Waals surface area contributed by atoms with E-state index >= 15 is 0 Å². The second-order valence-corrected chi connectivity index (χ2v) is 5.50. The third-order valence-corrected chi connectivity index (χ3v) is 3.87. The zero-order valence-electron chi connectivity index (χ0n) is 14.4. The molecule has 25 heavy (non-hydrogen) atoms. The molecule has 2 heterocycles. The number of ether oxygens (including phenoxy) is 2. The predicted octanol–water partition coefficient (Wildman–Crippen LogP) is 2.10. The van der Waals surface area contributed by atoms with Gasteiger partial charge in [0.2, 0.25) is 5.78 Å². The first-order chi connectivity index (χ1) is 11.9. The third-order valence-electron chi connectivity index (χ3n) is 3.87. The van der Waals surface area contributed by atoms with Crippen molar-refractivity contribution in [3.63, 3.8) is 0 Å². The zero-order valence-corrected chi connectivity index (χ0v) is 14.4. The van der Waals surface area contributed by atoms with Gasteiger partial charge < -0.3 is 14.0 Å². The highest BCUT2D eigenvalue weighted by Crippen LogP contribution is 2.17. The molecule has 0 aliphatic rings. The molecular weight excluding hydrogens is 324 g/mol. The van der Waals surface area contributed by atoms with Crippen LogP contribution in [0.2, 0.25) is 0 Å². The lowest BCUT2D eigenvalue weighted by atomic mass is 10.1. The average Bonchev–Trinajstić information content (AvgIpc) is 2.92. The maximum Gasteiger partial charge on any atom is 0.340 e. The Bertz CT molecular complexity index is 780. The first-order valence-corrected chi connectivity index (χ1v) is 7.78. The fourth-order valence-corrected chi connectivity index (χ4v) is 2.51. The number of methoxy groups -OCH3 is 1. The van der Waals surface area contributed by atoms with Crippen molar-refractivity contribution in [1.82, 2.24) is 9.55 Å². The average molecular weight is 344 g/mol. The summed E-state index contributed by atoms with van der Waals surface area (Å²) in [6.45, 7) is 3.71. The molecule has 0 amide bonds. The van der Waals surface area contributed by atoms with Crippen LogP contribution in [-0.2, 0) is 20.8 Å². The maximum absolute atomic E-state index is 12.4. The Morgan fingerprint density at radius 2 is 2.00 bits per heavy atom. The lowest BCUT2D eigenvalue weighted by Gasteiger charge is -2.09. The lowest BCUT2D eigenvalue weighted by molar-refractivity contribution is -0.140. The Hall–Kier alpha value is -2.96. The van der Waals surface area contributed by atoms with Crippen LogP contribution in [0.25, 0.3) is 0 Å². The molecule has 7 heteroatoms. The van der Waals surface area contributed by atoms with Gasteiger partial charge in [-0.05, 0) is 32.0 Å². The van der Waals surface area contributed by atoms with Crippen molar-refractivity contribution >= 4 is 17.7 Å². The number of aromatic nitrogens is 2. The van der Waals surface area contributed by atoms with Gasteiger partial charge in [0.15, 0.2) is 6.61 Å². The molecule has 0 aliphatic carbocycles. The molecule has 0 saturated carbocycles. The second kappa shape index (κ2) is 8.23. The molecule has 132 valence electrons. The molecule has 0 unspecified atom stereocenters. The van der Waals surface area contributed by atoms with E-state index in [4.69, 9.17) is 4.74 Å². The van der Waals surface area contributed by atoms with E-state index in [1.807, 2.05) is 11.5 Å². The van der Waals surface area contributed by atoms with E-state index in [0.717, 1.165) is 11.4 Å². The Kier molecular flexibility index (Phi) is 6.05. The van der Waals surface area contributed by atoms with Crippen molar-refractivity contribution in [1.29, 1.82) is 0 Å². The van der Waals surface area contributed by atoms with Crippen LogP contribution in [0.1, 0.15) is 38.5 Å². The first kappa shape index (κ1) is 18.4. The molecule has 2 aromatic rings. The molecule has 0 spiro atoms. The van der Waals surface area contributed by atoms with Crippen LogP contribution < -0.4 is 0 Å². The summed E-state index contributed by atoms with van der Waals surface area (Å²) < 4.78 is 11.6. The summed E-state index contributed by atoms with van der Waals surface area (Å²) in [5.41, 5.74) is 2.34. The minimum atomic E-state index is -0.596. The van der Waals surface area contributed by atoms with Crippen LogP contribution in [0.15, 0.2) is 30.6 Å². The van der Waals surface area contributed by atoms with Gasteiger partial charge in [0.05, 0.1) is 19.1 Å². The van der Waals surface area contributed by atoms with Gasteiger partial charge in [0, 0.05) is 35.9 Å². The normalized spacial score (nSPS) is 10.4. The van der Waals surface area contributed by atoms with Gasteiger partial charge in [0.25, 0.3) is 0 Å². The highest BCUT2D eigenvalue weighted by atomic mass is 16.5. The lowest BCUT2D eigenvalue weighted by Crippen LogP contribution is -2.15. The number of aryl methyl sites for hydroxylation is 1. The fraction of sp³-hybridized carbons (Fsp3) is 0.333. The summed E-state index contributed by atoms with van der Waals surface area (Å²) in [7, 11) is 1.34. The molecule has 0 aromatic carbocycles. The van der Waals surface area contributed by atoms with Crippen molar-refractivity contribution in [3.05, 3.63) is 53.1 Å². The van der Waals surface area contributed by atoms with Gasteiger partial charge in [-0.15, -0.1) is 0 Å². The molecule has 2 aromatic heterocycles. The fourth-order valence-electron chi connectivity index (χ4n) is 2.51. The van der Waals surface area contributed by atoms with E-state index in [0.29, 0.717) is 17.7 Å². The van der Waals surface area contributed by atoms with Crippen LogP contribution in [-0.4, -0.2) is 41.0 Å². The van der Waals surface area contributed by atoms with Crippen LogP contribution >= 0.6 is 0 Å². The molecule has 0 N–H and O–H groups in total. The van der Waals surface area contributed by atoms with E-state index in [1.165, 1.54) is 13.3 Å². The summed E-state index contributed by atoms with van der Waals surface area (Å²) >= 11 is 0. The Morgan fingerprint density at radius 1 is 1.24 bits per heavy atom. The zero-order chi connectivity index (χ0) is 18.4. The van der Waals surface area contributed by atoms with Gasteiger partial charge in [-0.3, -0.25) is 14.6 Å². The van der Waals surface area contributed by atoms with Crippen LogP contribution in [0.4, 0.5) is 0 Å². The van der Waals surface area contributed by atoms with Crippen molar-refractivity contribution in [3.8, 4) is 0 Å². The van der Waals surface area contributed by atoms with Gasteiger partial charge in [-0.2, -0.15) is 0 Å². The summed E-state index contributed by atoms with van der Waals surface area (Å²) in [5.74, 6) is -1.21. The Labute approximate surface area is 145 Å². The first-order valence-electron chi connectivity index (χ1n) is 7.78. The van der Waals surface area contributed by atoms with Crippen LogP contribution in [0, 0.1) is 13.8 Å². The molecule has 0 radical (unpaired) electrons. The monoisotopic (exact) mass is 344 g/mol. The Balaban J connectivity index is 2.02. The van der Waals surface area contributed by atoms with E-state index in [-0.39, 0.29) is 24.8 Å². The topological polar surface area (TPSA) is 87.5 Å². The smallest absolute Gasteiger partial charge is 0.340 e. The van der Waals surface area contributed by atoms with Crippen molar-refractivity contribution in [2.24, 2.45) is 0 Å². The highest BCUT2D eigenvalue weighted by Gasteiger charge is 2.18. The standard InChI is InChI=1S/C18H20N2O5/c1-12-9-15(13(2)20(12)8-6-17(22)24-3)16(21)11-25-18(23)14-5-4-7-19-10-14/h4-5,7,9-10H,6,8,11H2,1-3H3. The van der Waals surface area contributed by atoms with Gasteiger partial charge in [-0.25, -0.2) is 4.79 Å². The number of esters is 2. The number of hydrogen-bond acceptors (Lipinski definition) is 6. The van der Waals surface area contributed by atoms with E-state index in [2.05, 4.69) is 9.72 Å². The quantitative estimate of drug-likeness (QED) is 0.565. The van der Waals surface area contributed by atoms with Gasteiger partial charge in [0.1, 0.15) is 0 Å². The third kappa shape index (κ3) is 4.53. The molecule has 0 aliphatic heterocycles. The summed E-state index contributed by atoms with van der Waals surface area (Å²) in [6.07, 6.45) is 3.15. The number of ketones is 1. The second-order valence-electron chi connectivity index (χ2n) is 5.50. The maximum atomic E-state index is 12.4. The summed E-state index contributed by atoms with van der Waals surface area (Å²) in [5, 5.41) is 0. The highest BCUT2D eigenvalue weighted by molar-refractivity contribution is 6.00. The Morgan fingerprint density at radius 3 is 2.64 bits per heavy atom. The minimum Gasteiger partial charge on any atom is -0.469 e. The molecule has 0 bridgehead atoms. The number of hydrogen-bond donors (Lipinski definition) is 0. The number of Topliss-reactive ketones (excluding diaryl/α,β-unsaturated/α-hetero) is 1. The molecule has 0 atom stereocenters. The number of carbonyl (C=O) groups is 3. The van der Waals surface area contributed by atoms with Crippen LogP contribution in [0.5, 0.6) is 0 Å². The van der Waals surface area contributed by atoms with E-state index in [9.17, 15) is 14.4 Å². The number of nitrogens with zero attached hydrogens (tertiary/aromatic N) is 2. The molecule has 0 fully saturated rings. The van der Waals surface area contributed by atoms with Crippen LogP contribution in [0.3, 0.4) is 0 Å². The molecule has 0 saturated heterocycles.